The number of aromatic carboxylic acids is 1. The van der Waals surface area contributed by atoms with E-state index in [0.717, 1.165) is 0 Å². The van der Waals surface area contributed by atoms with Crippen LogP contribution in [0, 0.1) is 0 Å². The first-order valence-electron chi connectivity index (χ1n) is 7.35. The number of ether oxygens (including phenoxy) is 2. The molecule has 2 aromatic rings. The number of nitrogens with one attached hydrogen (secondary N) is 1. The molecule has 0 saturated heterocycles. The molecule has 2 N–H and O–H groups in total. The van der Waals surface area contributed by atoms with Crippen LogP contribution in [-0.4, -0.2) is 30.7 Å². The Morgan fingerprint density at radius 3 is 2.54 bits per heavy atom. The van der Waals surface area contributed by atoms with Crippen LogP contribution in [-0.2, 0) is 4.79 Å². The smallest absolute Gasteiger partial charge is 0.387 e. The fraction of sp³-hybridized carbons (Fsp3) is 0.111. The van der Waals surface area contributed by atoms with Gasteiger partial charge in [0.15, 0.2) is 11.5 Å². The SMILES string of the molecule is COc1cc(C=CC(=O)Nc2ccccc2C(=O)O)ccc1OC(F)F. The van der Waals surface area contributed by atoms with E-state index < -0.39 is 18.5 Å². The molecule has 0 aliphatic rings. The lowest BCUT2D eigenvalue weighted by molar-refractivity contribution is -0.111. The van der Waals surface area contributed by atoms with E-state index in [1.807, 2.05) is 0 Å². The number of carboxylic acids is 1. The van der Waals surface area contributed by atoms with Crippen molar-refractivity contribution >= 4 is 23.6 Å². The van der Waals surface area contributed by atoms with Gasteiger partial charge < -0.3 is 19.9 Å². The van der Waals surface area contributed by atoms with Crippen LogP contribution in [0.2, 0.25) is 0 Å². The van der Waals surface area contributed by atoms with E-state index in [4.69, 9.17) is 9.84 Å². The van der Waals surface area contributed by atoms with E-state index in [9.17, 15) is 18.4 Å². The minimum Gasteiger partial charge on any atom is -0.493 e. The number of anilines is 1. The van der Waals surface area contributed by atoms with E-state index in [1.54, 1.807) is 12.1 Å². The Balaban J connectivity index is 2.12. The minimum atomic E-state index is -2.98. The Kier molecular flexibility index (Phi) is 6.26. The number of carbonyl (C=O) groups is 2. The maximum Gasteiger partial charge on any atom is 0.387 e. The topological polar surface area (TPSA) is 84.9 Å². The molecule has 0 atom stereocenters. The third kappa shape index (κ3) is 5.04. The van der Waals surface area contributed by atoms with Crippen LogP contribution in [0.3, 0.4) is 0 Å². The van der Waals surface area contributed by atoms with Gasteiger partial charge in [-0.1, -0.05) is 18.2 Å². The molecular weight excluding hydrogens is 348 g/mol. The Hall–Kier alpha value is -3.42. The van der Waals surface area contributed by atoms with Crippen molar-refractivity contribution in [3.05, 3.63) is 59.7 Å². The molecule has 6 nitrogen and oxygen atoms in total. The Morgan fingerprint density at radius 2 is 1.88 bits per heavy atom. The number of alkyl halides is 2. The third-order valence-electron chi connectivity index (χ3n) is 3.25. The number of rotatable bonds is 7. The highest BCUT2D eigenvalue weighted by molar-refractivity contribution is 6.06. The first-order chi connectivity index (χ1) is 12.4. The van der Waals surface area contributed by atoms with Gasteiger partial charge in [0.2, 0.25) is 5.91 Å². The molecule has 0 aliphatic heterocycles. The summed E-state index contributed by atoms with van der Waals surface area (Å²) in [6.07, 6.45) is 2.61. The Morgan fingerprint density at radius 1 is 1.15 bits per heavy atom. The van der Waals surface area contributed by atoms with Crippen molar-refractivity contribution in [2.24, 2.45) is 0 Å². The van der Waals surface area contributed by atoms with Gasteiger partial charge in [0, 0.05) is 6.08 Å². The van der Waals surface area contributed by atoms with Crippen LogP contribution < -0.4 is 14.8 Å². The lowest BCUT2D eigenvalue weighted by Gasteiger charge is -2.10. The summed E-state index contributed by atoms with van der Waals surface area (Å²) in [7, 11) is 1.30. The van der Waals surface area contributed by atoms with Crippen molar-refractivity contribution in [2.75, 3.05) is 12.4 Å². The lowest BCUT2D eigenvalue weighted by Crippen LogP contribution is -2.11. The van der Waals surface area contributed by atoms with Crippen LogP contribution in [0.15, 0.2) is 48.5 Å². The predicted molar refractivity (Wildman–Crippen MR) is 90.7 cm³/mol. The van der Waals surface area contributed by atoms with Crippen LogP contribution in [0.5, 0.6) is 11.5 Å². The van der Waals surface area contributed by atoms with Crippen molar-refractivity contribution in [3.8, 4) is 11.5 Å². The average Bonchev–Trinajstić information content (AvgIpc) is 2.60. The summed E-state index contributed by atoms with van der Waals surface area (Å²) in [5, 5.41) is 11.6. The summed E-state index contributed by atoms with van der Waals surface area (Å²) in [6.45, 7) is -2.98. The van der Waals surface area contributed by atoms with Gasteiger partial charge in [0.1, 0.15) is 0 Å². The molecule has 0 bridgehead atoms. The van der Waals surface area contributed by atoms with Gasteiger partial charge in [-0.15, -0.1) is 0 Å². The zero-order valence-electron chi connectivity index (χ0n) is 13.6. The van der Waals surface area contributed by atoms with Crippen molar-refractivity contribution in [1.82, 2.24) is 0 Å². The largest absolute Gasteiger partial charge is 0.493 e. The van der Waals surface area contributed by atoms with Crippen LogP contribution >= 0.6 is 0 Å². The zero-order chi connectivity index (χ0) is 19.1. The number of carbonyl (C=O) groups excluding carboxylic acids is 1. The van der Waals surface area contributed by atoms with Crippen molar-refractivity contribution in [1.29, 1.82) is 0 Å². The number of benzene rings is 2. The number of hydrogen-bond acceptors (Lipinski definition) is 4. The second-order valence-corrected chi connectivity index (χ2v) is 4.96. The van der Waals surface area contributed by atoms with E-state index >= 15 is 0 Å². The minimum absolute atomic E-state index is 0.0376. The van der Waals surface area contributed by atoms with E-state index in [2.05, 4.69) is 10.1 Å². The zero-order valence-corrected chi connectivity index (χ0v) is 13.6. The molecule has 0 saturated carbocycles. The van der Waals surface area contributed by atoms with E-state index in [1.165, 1.54) is 49.6 Å². The normalized spacial score (nSPS) is 10.8. The molecule has 26 heavy (non-hydrogen) atoms. The van der Waals surface area contributed by atoms with Gasteiger partial charge >= 0.3 is 12.6 Å². The molecule has 0 heterocycles. The van der Waals surface area contributed by atoms with Crippen LogP contribution in [0.25, 0.3) is 6.08 Å². The third-order valence-corrected chi connectivity index (χ3v) is 3.25. The molecule has 0 radical (unpaired) electrons. The first-order valence-corrected chi connectivity index (χ1v) is 7.35. The summed E-state index contributed by atoms with van der Waals surface area (Å²) < 4.78 is 33.9. The molecule has 0 unspecified atom stereocenters. The van der Waals surface area contributed by atoms with Crippen molar-refractivity contribution < 1.29 is 33.0 Å². The van der Waals surface area contributed by atoms with Gasteiger partial charge in [-0.3, -0.25) is 4.79 Å². The summed E-state index contributed by atoms with van der Waals surface area (Å²) in [5.74, 6) is -1.75. The molecular formula is C18H15F2NO5. The maximum absolute atomic E-state index is 12.3. The second kappa shape index (κ2) is 8.61. The fourth-order valence-corrected chi connectivity index (χ4v) is 2.11. The molecule has 2 aromatic carbocycles. The monoisotopic (exact) mass is 363 g/mol. The number of para-hydroxylation sites is 1. The van der Waals surface area contributed by atoms with Gasteiger partial charge in [0.05, 0.1) is 18.4 Å². The van der Waals surface area contributed by atoms with E-state index in [0.29, 0.717) is 5.56 Å². The van der Waals surface area contributed by atoms with Crippen molar-refractivity contribution in [2.45, 2.75) is 6.61 Å². The number of halogens is 2. The van der Waals surface area contributed by atoms with Gasteiger partial charge in [-0.2, -0.15) is 8.78 Å². The lowest BCUT2D eigenvalue weighted by atomic mass is 10.1. The molecule has 0 spiro atoms. The Labute approximate surface area is 147 Å². The van der Waals surface area contributed by atoms with Crippen molar-refractivity contribution in [3.63, 3.8) is 0 Å². The highest BCUT2D eigenvalue weighted by Gasteiger charge is 2.12. The summed E-state index contributed by atoms with van der Waals surface area (Å²) >= 11 is 0. The molecule has 1 amide bonds. The molecule has 8 heteroatoms. The number of amides is 1. The molecule has 136 valence electrons. The molecule has 0 aromatic heterocycles. The molecule has 2 rings (SSSR count). The van der Waals surface area contributed by atoms with E-state index in [-0.39, 0.29) is 22.7 Å². The van der Waals surface area contributed by atoms with Gasteiger partial charge in [-0.25, -0.2) is 4.79 Å². The standard InChI is InChI=1S/C18H15F2NO5/c1-25-15-10-11(6-8-14(15)26-18(19)20)7-9-16(22)21-13-5-3-2-4-12(13)17(23)24/h2-10,18H,1H3,(H,21,22)(H,23,24). The quantitative estimate of drug-likeness (QED) is 0.734. The highest BCUT2D eigenvalue weighted by atomic mass is 19.3. The number of hydrogen-bond donors (Lipinski definition) is 2. The van der Waals surface area contributed by atoms with Gasteiger partial charge in [0.25, 0.3) is 0 Å². The second-order valence-electron chi connectivity index (χ2n) is 4.96. The first kappa shape index (κ1) is 18.9. The summed E-state index contributed by atoms with van der Waals surface area (Å²) in [6, 6.07) is 10.2. The highest BCUT2D eigenvalue weighted by Crippen LogP contribution is 2.29. The summed E-state index contributed by atoms with van der Waals surface area (Å²) in [4.78, 5) is 23.1. The average molecular weight is 363 g/mol. The Bertz CT molecular complexity index is 836. The maximum atomic E-state index is 12.3. The fourth-order valence-electron chi connectivity index (χ4n) is 2.11. The number of methoxy groups -OCH3 is 1. The van der Waals surface area contributed by atoms with Crippen LogP contribution in [0.4, 0.5) is 14.5 Å². The summed E-state index contributed by atoms with van der Waals surface area (Å²) in [5.41, 5.74) is 0.627. The molecule has 0 aliphatic carbocycles. The van der Waals surface area contributed by atoms with Crippen LogP contribution in [0.1, 0.15) is 15.9 Å². The predicted octanol–water partition coefficient (Wildman–Crippen LogP) is 3.65. The molecule has 0 fully saturated rings. The number of carboxylic acid groups (broad SMARTS) is 1. The van der Waals surface area contributed by atoms with Gasteiger partial charge in [-0.05, 0) is 35.9 Å².